The number of aromatic nitrogens is 3. The fourth-order valence-corrected chi connectivity index (χ4v) is 5.63. The Morgan fingerprint density at radius 2 is 1.90 bits per heavy atom. The number of ether oxygens (including phenoxy) is 1. The average Bonchev–Trinajstić information content (AvgIpc) is 3.03. The van der Waals surface area contributed by atoms with E-state index in [0.29, 0.717) is 16.7 Å². The van der Waals surface area contributed by atoms with E-state index in [1.807, 2.05) is 50.2 Å². The van der Waals surface area contributed by atoms with Crippen molar-refractivity contribution in [2.24, 2.45) is 0 Å². The number of hydrogen-bond donors (Lipinski definition) is 2. The lowest BCUT2D eigenvalue weighted by Gasteiger charge is -2.11. The second-order valence-corrected chi connectivity index (χ2v) is 10.0. The third-order valence-corrected chi connectivity index (χ3v) is 6.38. The van der Waals surface area contributed by atoms with E-state index < -0.39 is 0 Å². The summed E-state index contributed by atoms with van der Waals surface area (Å²) in [6.45, 7) is 3.92. The lowest BCUT2D eigenvalue weighted by molar-refractivity contribution is -0.113. The first kappa shape index (κ1) is 23.1. The number of nitrogens with one attached hydrogen (secondary N) is 1. The second-order valence-electron chi connectivity index (χ2n) is 6.45. The van der Waals surface area contributed by atoms with Crippen LogP contribution in [0.2, 0.25) is 0 Å². The zero-order chi connectivity index (χ0) is 21.8. The summed E-state index contributed by atoms with van der Waals surface area (Å²) in [5.74, 6) is 7.32. The van der Waals surface area contributed by atoms with Gasteiger partial charge in [0, 0.05) is 19.0 Å². The van der Waals surface area contributed by atoms with Crippen LogP contribution in [-0.2, 0) is 4.79 Å². The van der Waals surface area contributed by atoms with E-state index in [1.54, 1.807) is 0 Å². The van der Waals surface area contributed by atoms with E-state index in [-0.39, 0.29) is 17.8 Å². The predicted molar refractivity (Wildman–Crippen MR) is 130 cm³/mol. The highest BCUT2D eigenvalue weighted by atomic mass is 79.9. The van der Waals surface area contributed by atoms with Gasteiger partial charge >= 0.3 is 0 Å². The maximum absolute atomic E-state index is 12.4. The maximum atomic E-state index is 12.4. The van der Waals surface area contributed by atoms with Gasteiger partial charge in [-0.25, -0.2) is 4.68 Å². The molecule has 0 saturated carbocycles. The number of hydrogen-bond acceptors (Lipinski definition) is 6. The summed E-state index contributed by atoms with van der Waals surface area (Å²) in [6.07, 6.45) is 0.0615. The molecule has 3 rings (SSSR count). The van der Waals surface area contributed by atoms with Gasteiger partial charge in [0.05, 0.1) is 17.5 Å². The number of anilines is 1. The highest BCUT2D eigenvalue weighted by Crippen LogP contribution is 2.34. The van der Waals surface area contributed by atoms with Gasteiger partial charge in [-0.05, 0) is 70.0 Å². The summed E-state index contributed by atoms with van der Waals surface area (Å²) in [5.41, 5.74) is 1.43. The third kappa shape index (κ3) is 5.77. The molecule has 1 amide bonds. The van der Waals surface area contributed by atoms with Gasteiger partial charge in [-0.15, -0.1) is 10.2 Å². The lowest BCUT2D eigenvalue weighted by Crippen LogP contribution is -2.17. The molecular formula is C19H18Br3N5O2S. The molecule has 0 aliphatic carbocycles. The Morgan fingerprint density at radius 3 is 2.57 bits per heavy atom. The Labute approximate surface area is 203 Å². The topological polar surface area (TPSA) is 95.1 Å². The fourth-order valence-electron chi connectivity index (χ4n) is 2.52. The highest BCUT2D eigenvalue weighted by Gasteiger charge is 2.16. The van der Waals surface area contributed by atoms with Crippen LogP contribution in [0.15, 0.2) is 55.0 Å². The Hall–Kier alpha value is -1.56. The number of nitrogens with two attached hydrogens (primary N) is 1. The van der Waals surface area contributed by atoms with Crippen molar-refractivity contribution in [3.8, 4) is 17.1 Å². The van der Waals surface area contributed by atoms with Gasteiger partial charge < -0.3 is 15.9 Å². The van der Waals surface area contributed by atoms with Crippen LogP contribution in [0, 0.1) is 0 Å². The Bertz CT molecular complexity index is 1050. The molecule has 0 unspecified atom stereocenters. The van der Waals surface area contributed by atoms with Crippen LogP contribution < -0.4 is 15.9 Å². The first-order valence-corrected chi connectivity index (χ1v) is 12.2. The fraction of sp³-hybridized carbons (Fsp3) is 0.211. The van der Waals surface area contributed by atoms with Crippen molar-refractivity contribution in [3.63, 3.8) is 0 Å². The number of benzene rings is 2. The van der Waals surface area contributed by atoms with Gasteiger partial charge in [0.1, 0.15) is 5.75 Å². The van der Waals surface area contributed by atoms with E-state index in [4.69, 9.17) is 10.6 Å². The molecule has 0 saturated heterocycles. The van der Waals surface area contributed by atoms with Gasteiger partial charge in [0.15, 0.2) is 5.82 Å². The molecule has 0 aliphatic rings. The van der Waals surface area contributed by atoms with Crippen molar-refractivity contribution >= 4 is 71.1 Å². The van der Waals surface area contributed by atoms with E-state index in [2.05, 4.69) is 63.3 Å². The molecule has 0 spiro atoms. The van der Waals surface area contributed by atoms with Crippen molar-refractivity contribution in [1.82, 2.24) is 14.9 Å². The average molecular weight is 620 g/mol. The van der Waals surface area contributed by atoms with Gasteiger partial charge in [-0.1, -0.05) is 39.8 Å². The van der Waals surface area contributed by atoms with Crippen LogP contribution in [0.5, 0.6) is 5.75 Å². The molecule has 30 heavy (non-hydrogen) atoms. The highest BCUT2D eigenvalue weighted by molar-refractivity contribution is 9.11. The van der Waals surface area contributed by atoms with Crippen molar-refractivity contribution in [3.05, 3.63) is 49.8 Å². The van der Waals surface area contributed by atoms with Crippen LogP contribution in [0.1, 0.15) is 13.8 Å². The van der Waals surface area contributed by atoms with E-state index in [0.717, 1.165) is 24.7 Å². The predicted octanol–water partition coefficient (Wildman–Crippen LogP) is 5.46. The number of halogens is 3. The van der Waals surface area contributed by atoms with Crippen LogP contribution >= 0.6 is 59.6 Å². The molecule has 0 radical (unpaired) electrons. The molecular weight excluding hydrogens is 602 g/mol. The minimum Gasteiger partial charge on any atom is -0.491 e. The molecule has 1 aromatic heterocycles. The quantitative estimate of drug-likeness (QED) is 0.269. The number of amides is 1. The minimum absolute atomic E-state index is 0.0615. The molecule has 1 heterocycles. The van der Waals surface area contributed by atoms with Crippen molar-refractivity contribution < 1.29 is 9.53 Å². The number of nitrogens with zero attached hydrogens (tertiary/aromatic N) is 3. The molecule has 2 aromatic carbocycles. The lowest BCUT2D eigenvalue weighted by atomic mass is 10.2. The van der Waals surface area contributed by atoms with Crippen molar-refractivity contribution in [1.29, 1.82) is 0 Å². The molecule has 0 fully saturated rings. The van der Waals surface area contributed by atoms with E-state index >= 15 is 0 Å². The molecule has 0 atom stereocenters. The van der Waals surface area contributed by atoms with E-state index in [1.165, 1.54) is 16.4 Å². The zero-order valence-electron chi connectivity index (χ0n) is 16.0. The first-order chi connectivity index (χ1) is 14.2. The van der Waals surface area contributed by atoms with Crippen LogP contribution in [0.3, 0.4) is 0 Å². The van der Waals surface area contributed by atoms with Gasteiger partial charge in [-0.3, -0.25) is 4.79 Å². The van der Waals surface area contributed by atoms with Crippen molar-refractivity contribution in [2.45, 2.75) is 25.1 Å². The summed E-state index contributed by atoms with van der Waals surface area (Å²) in [6, 6.07) is 11.2. The number of rotatable bonds is 7. The molecule has 0 bridgehead atoms. The summed E-state index contributed by atoms with van der Waals surface area (Å²) in [4.78, 5) is 12.4. The van der Waals surface area contributed by atoms with Gasteiger partial charge in [0.25, 0.3) is 0 Å². The van der Waals surface area contributed by atoms with Gasteiger partial charge in [-0.2, -0.15) is 0 Å². The monoisotopic (exact) mass is 617 g/mol. The maximum Gasteiger partial charge on any atom is 0.234 e. The minimum atomic E-state index is -0.194. The standard InChI is InChI=1S/C19H18Br3N5O2S/c1-10(2)29-13-5-3-4-11(6-13)18-25-26-19(27(18)23)30-9-16(28)24-17-14(21)7-12(20)8-15(17)22/h3-8,10H,9,23H2,1-2H3,(H,24,28). The SMILES string of the molecule is CC(C)Oc1cccc(-c2nnc(SCC(=O)Nc3c(Br)cc(Br)cc3Br)n2N)c1. The zero-order valence-corrected chi connectivity index (χ0v) is 21.6. The molecule has 0 aliphatic heterocycles. The summed E-state index contributed by atoms with van der Waals surface area (Å²) in [5, 5.41) is 11.6. The number of thioether (sulfide) groups is 1. The van der Waals surface area contributed by atoms with Crippen LogP contribution in [0.25, 0.3) is 11.4 Å². The Kier molecular flexibility index (Phi) is 7.83. The Balaban J connectivity index is 1.68. The van der Waals surface area contributed by atoms with Crippen LogP contribution in [0.4, 0.5) is 5.69 Å². The summed E-state index contributed by atoms with van der Waals surface area (Å²) in [7, 11) is 0. The normalized spacial score (nSPS) is 11.0. The smallest absolute Gasteiger partial charge is 0.234 e. The number of carbonyl (C=O) groups is 1. The van der Waals surface area contributed by atoms with Crippen molar-refractivity contribution in [2.75, 3.05) is 16.9 Å². The van der Waals surface area contributed by atoms with Crippen LogP contribution in [-0.4, -0.2) is 32.6 Å². The molecule has 11 heteroatoms. The summed E-state index contributed by atoms with van der Waals surface area (Å²) < 4.78 is 9.50. The van der Waals surface area contributed by atoms with Gasteiger partial charge in [0.2, 0.25) is 11.1 Å². The Morgan fingerprint density at radius 1 is 1.20 bits per heavy atom. The second kappa shape index (κ2) is 10.2. The largest absolute Gasteiger partial charge is 0.491 e. The molecule has 3 aromatic rings. The first-order valence-electron chi connectivity index (χ1n) is 8.79. The number of nitrogen functional groups attached to an aromatic ring is 1. The number of carbonyl (C=O) groups excluding carboxylic acids is 1. The molecule has 158 valence electrons. The third-order valence-electron chi connectivity index (χ3n) is 3.73. The molecule has 3 N–H and O–H groups in total. The summed E-state index contributed by atoms with van der Waals surface area (Å²) >= 11 is 11.5. The molecule has 7 nitrogen and oxygen atoms in total. The van der Waals surface area contributed by atoms with E-state index in [9.17, 15) is 4.79 Å².